The molecule has 1 aliphatic heterocycles. The normalized spacial score (nSPS) is 21.6. The minimum Gasteiger partial charge on any atom is -0.455 e. The van der Waals surface area contributed by atoms with Gasteiger partial charge in [-0.05, 0) is 91.0 Å². The van der Waals surface area contributed by atoms with Crippen LogP contribution in [0.1, 0.15) is 70.7 Å². The van der Waals surface area contributed by atoms with Crippen molar-refractivity contribution in [3.05, 3.63) is 119 Å². The molecule has 1 aromatic heterocycles. The molecule has 0 radical (unpaired) electrons. The van der Waals surface area contributed by atoms with Crippen molar-refractivity contribution in [1.29, 1.82) is 0 Å². The average molecular weight is 565 g/mol. The molecule has 1 atom stereocenters. The lowest BCUT2D eigenvalue weighted by molar-refractivity contribution is 0.00578. The zero-order valence-electron chi connectivity index (χ0n) is 26.0. The van der Waals surface area contributed by atoms with E-state index in [4.69, 9.17) is 13.7 Å². The number of furan rings is 1. The maximum atomic E-state index is 6.68. The third-order valence-corrected chi connectivity index (χ3v) is 10.4. The fourth-order valence-corrected chi connectivity index (χ4v) is 7.67. The van der Waals surface area contributed by atoms with E-state index < -0.39 is 23.7 Å². The summed E-state index contributed by atoms with van der Waals surface area (Å²) in [4.78, 5) is 0. The number of allylic oxidation sites excluding steroid dienone is 4. The summed E-state index contributed by atoms with van der Waals surface area (Å²) in [6.45, 7) is 15.3. The average Bonchev–Trinajstić information content (AvgIpc) is 3.64. The summed E-state index contributed by atoms with van der Waals surface area (Å²) in [5.41, 5.74) is 11.8. The number of para-hydroxylation sites is 1. The molecule has 1 spiro atoms. The van der Waals surface area contributed by atoms with Crippen molar-refractivity contribution in [2.24, 2.45) is 5.92 Å². The molecule has 0 saturated carbocycles. The van der Waals surface area contributed by atoms with E-state index in [9.17, 15) is 0 Å². The van der Waals surface area contributed by atoms with Gasteiger partial charge in [0, 0.05) is 16.3 Å². The highest BCUT2D eigenvalue weighted by Gasteiger charge is 2.56. The molecule has 4 aromatic carbocycles. The monoisotopic (exact) mass is 564 g/mol. The standard InChI is InChI=1S/C39H37BO3/c1-23(2)19-20-25-24(3)39(30-16-12-17-32(34(25)30)40-42-37(4,5)38(6,7)43-40)29-15-10-8-14-28(29)35-31(39)22-21-27-26-13-9-11-18-33(26)41-36(27)35/h8-23H,1-7H3. The Labute approximate surface area is 254 Å². The first-order valence-electron chi connectivity index (χ1n) is 15.5. The molecule has 214 valence electrons. The molecule has 2 heterocycles. The first-order chi connectivity index (χ1) is 20.6. The summed E-state index contributed by atoms with van der Waals surface area (Å²) in [6, 6.07) is 28.6. The van der Waals surface area contributed by atoms with Crippen LogP contribution in [0.3, 0.4) is 0 Å². The van der Waals surface area contributed by atoms with E-state index in [2.05, 4.69) is 133 Å². The molecule has 0 amide bonds. The van der Waals surface area contributed by atoms with Gasteiger partial charge in [-0.15, -0.1) is 0 Å². The Morgan fingerprint density at radius 2 is 1.37 bits per heavy atom. The van der Waals surface area contributed by atoms with E-state index in [-0.39, 0.29) is 0 Å². The van der Waals surface area contributed by atoms with Gasteiger partial charge in [-0.2, -0.15) is 0 Å². The van der Waals surface area contributed by atoms with Crippen LogP contribution in [0.5, 0.6) is 0 Å². The van der Waals surface area contributed by atoms with Gasteiger partial charge in [0.15, 0.2) is 0 Å². The molecule has 2 aliphatic carbocycles. The molecule has 1 saturated heterocycles. The van der Waals surface area contributed by atoms with Gasteiger partial charge in [-0.25, -0.2) is 0 Å². The molecule has 5 aromatic rings. The van der Waals surface area contributed by atoms with Crippen molar-refractivity contribution in [3.63, 3.8) is 0 Å². The van der Waals surface area contributed by atoms with Gasteiger partial charge in [0.2, 0.25) is 0 Å². The second-order valence-electron chi connectivity index (χ2n) is 13.8. The van der Waals surface area contributed by atoms with Gasteiger partial charge in [0.05, 0.1) is 16.6 Å². The zero-order valence-corrected chi connectivity index (χ0v) is 26.0. The van der Waals surface area contributed by atoms with Crippen molar-refractivity contribution in [2.45, 2.75) is 65.1 Å². The SMILES string of the molecule is CC1=C(C=CC(C)C)c2c(B3OC(C)(C)C(C)(C)O3)cccc2C12c1ccccc1-c1c2ccc2c1oc1ccccc12. The third-order valence-electron chi connectivity index (χ3n) is 10.4. The predicted octanol–water partition coefficient (Wildman–Crippen LogP) is 9.20. The van der Waals surface area contributed by atoms with E-state index in [1.54, 1.807) is 0 Å². The summed E-state index contributed by atoms with van der Waals surface area (Å²) >= 11 is 0. The Balaban J connectivity index is 1.47. The van der Waals surface area contributed by atoms with E-state index in [1.807, 2.05) is 6.07 Å². The minimum absolute atomic E-state index is 0.419. The molecule has 0 bridgehead atoms. The molecule has 3 aliphatic rings. The first-order valence-corrected chi connectivity index (χ1v) is 15.5. The second-order valence-corrected chi connectivity index (χ2v) is 13.8. The van der Waals surface area contributed by atoms with Crippen LogP contribution in [0.15, 0.2) is 101 Å². The van der Waals surface area contributed by atoms with E-state index in [1.165, 1.54) is 44.5 Å². The summed E-state index contributed by atoms with van der Waals surface area (Å²) in [7, 11) is -0.459. The van der Waals surface area contributed by atoms with Crippen LogP contribution in [-0.2, 0) is 14.7 Å². The topological polar surface area (TPSA) is 31.6 Å². The lowest BCUT2D eigenvalue weighted by Crippen LogP contribution is -2.41. The Bertz CT molecular complexity index is 2020. The van der Waals surface area contributed by atoms with Crippen LogP contribution in [0.4, 0.5) is 0 Å². The smallest absolute Gasteiger partial charge is 0.455 e. The fourth-order valence-electron chi connectivity index (χ4n) is 7.67. The molecule has 1 unspecified atom stereocenters. The molecule has 4 heteroatoms. The highest BCUT2D eigenvalue weighted by Crippen LogP contribution is 2.63. The fraction of sp³-hybridized carbons (Fsp3) is 0.282. The van der Waals surface area contributed by atoms with Crippen LogP contribution in [0, 0.1) is 5.92 Å². The summed E-state index contributed by atoms with van der Waals surface area (Å²) < 4.78 is 20.0. The number of rotatable bonds is 3. The van der Waals surface area contributed by atoms with Crippen LogP contribution < -0.4 is 5.46 Å². The molecule has 3 nitrogen and oxygen atoms in total. The molecular weight excluding hydrogens is 527 g/mol. The van der Waals surface area contributed by atoms with Gasteiger partial charge in [-0.3, -0.25) is 0 Å². The van der Waals surface area contributed by atoms with Gasteiger partial charge in [0.25, 0.3) is 0 Å². The maximum Gasteiger partial charge on any atom is 0.495 e. The minimum atomic E-state index is -0.459. The lowest BCUT2D eigenvalue weighted by Gasteiger charge is -2.32. The molecule has 1 fully saturated rings. The largest absolute Gasteiger partial charge is 0.495 e. The number of benzene rings is 4. The van der Waals surface area contributed by atoms with Crippen LogP contribution in [0.2, 0.25) is 0 Å². The highest BCUT2D eigenvalue weighted by atomic mass is 16.7. The number of fused-ring (bicyclic) bond motifs is 11. The second kappa shape index (κ2) is 8.84. The van der Waals surface area contributed by atoms with Crippen molar-refractivity contribution >= 4 is 40.1 Å². The Morgan fingerprint density at radius 1 is 0.698 bits per heavy atom. The predicted molar refractivity (Wildman–Crippen MR) is 178 cm³/mol. The Kier molecular flexibility index (Phi) is 5.50. The molecule has 8 rings (SSSR count). The van der Waals surface area contributed by atoms with Crippen LogP contribution in [-0.4, -0.2) is 18.3 Å². The zero-order chi connectivity index (χ0) is 29.9. The van der Waals surface area contributed by atoms with Gasteiger partial charge < -0.3 is 13.7 Å². The van der Waals surface area contributed by atoms with E-state index in [0.717, 1.165) is 27.4 Å². The van der Waals surface area contributed by atoms with Crippen molar-refractivity contribution in [3.8, 4) is 11.1 Å². The molecule has 43 heavy (non-hydrogen) atoms. The van der Waals surface area contributed by atoms with E-state index in [0.29, 0.717) is 5.92 Å². The lowest BCUT2D eigenvalue weighted by atomic mass is 9.68. The quantitative estimate of drug-likeness (QED) is 0.205. The van der Waals surface area contributed by atoms with Gasteiger partial charge in [0.1, 0.15) is 11.2 Å². The number of hydrogen-bond donors (Lipinski definition) is 0. The maximum absolute atomic E-state index is 6.68. The van der Waals surface area contributed by atoms with Crippen LogP contribution >= 0.6 is 0 Å². The third kappa shape index (κ3) is 3.40. The first kappa shape index (κ1) is 26.7. The summed E-state index contributed by atoms with van der Waals surface area (Å²) in [5, 5.41) is 2.31. The van der Waals surface area contributed by atoms with Crippen LogP contribution in [0.25, 0.3) is 38.6 Å². The van der Waals surface area contributed by atoms with E-state index >= 15 is 0 Å². The summed E-state index contributed by atoms with van der Waals surface area (Å²) in [6.07, 6.45) is 4.65. The summed E-state index contributed by atoms with van der Waals surface area (Å²) in [5.74, 6) is 0.419. The molecule has 0 N–H and O–H groups in total. The Morgan fingerprint density at radius 3 is 2.14 bits per heavy atom. The van der Waals surface area contributed by atoms with Crippen molar-refractivity contribution in [1.82, 2.24) is 0 Å². The van der Waals surface area contributed by atoms with Gasteiger partial charge >= 0.3 is 7.12 Å². The molecular formula is C39H37BO3. The van der Waals surface area contributed by atoms with Crippen molar-refractivity contribution < 1.29 is 13.7 Å². The number of hydrogen-bond acceptors (Lipinski definition) is 3. The Hall–Kier alpha value is -3.86. The van der Waals surface area contributed by atoms with Crippen molar-refractivity contribution in [2.75, 3.05) is 0 Å². The highest BCUT2D eigenvalue weighted by molar-refractivity contribution is 6.63. The van der Waals surface area contributed by atoms with Gasteiger partial charge in [-0.1, -0.05) is 98.8 Å².